The average molecular weight is 406 g/mol. The Morgan fingerprint density at radius 2 is 1.81 bits per heavy atom. The summed E-state index contributed by atoms with van der Waals surface area (Å²) in [4.78, 5) is 38.5. The molecule has 1 aromatic heterocycles. The number of fused-ring (bicyclic) bond motifs is 1. The van der Waals surface area contributed by atoms with Gasteiger partial charge in [0.1, 0.15) is 0 Å². The summed E-state index contributed by atoms with van der Waals surface area (Å²) in [6.07, 6.45) is -0.805. The number of para-hydroxylation sites is 1. The SMILES string of the molecule is Cc1cc(SCC(NC(=O)CCC(=O)[O-])C(=O)[O-])c2ccccc2n1.[Na+].[Na+]. The minimum atomic E-state index is -1.43. The number of thioether (sulfide) groups is 1. The molecular weight excluding hydrogens is 390 g/mol. The third-order valence-electron chi connectivity index (χ3n) is 3.39. The number of aliphatic carboxylic acids is 2. The van der Waals surface area contributed by atoms with Crippen LogP contribution < -0.4 is 74.6 Å². The Bertz CT molecular complexity index is 819. The van der Waals surface area contributed by atoms with Crippen molar-refractivity contribution < 1.29 is 83.7 Å². The summed E-state index contributed by atoms with van der Waals surface area (Å²) in [5.41, 5.74) is 1.59. The van der Waals surface area contributed by atoms with Gasteiger partial charge in [0.15, 0.2) is 0 Å². The van der Waals surface area contributed by atoms with E-state index in [1.165, 1.54) is 11.8 Å². The summed E-state index contributed by atoms with van der Waals surface area (Å²) in [6, 6.07) is 8.09. The van der Waals surface area contributed by atoms with Gasteiger partial charge in [-0.25, -0.2) is 0 Å². The van der Waals surface area contributed by atoms with E-state index < -0.39 is 30.3 Å². The molecule has 1 aromatic carbocycles. The van der Waals surface area contributed by atoms with Crippen molar-refractivity contribution >= 4 is 40.5 Å². The van der Waals surface area contributed by atoms with Gasteiger partial charge in [0.2, 0.25) is 5.91 Å². The number of nitrogens with zero attached hydrogens (tertiary/aromatic N) is 1. The zero-order valence-electron chi connectivity index (χ0n) is 15.5. The van der Waals surface area contributed by atoms with Crippen LogP contribution in [0.3, 0.4) is 0 Å². The van der Waals surface area contributed by atoms with E-state index in [0.29, 0.717) is 0 Å². The molecule has 0 fully saturated rings. The molecule has 0 radical (unpaired) electrons. The van der Waals surface area contributed by atoms with Crippen molar-refractivity contribution in [2.45, 2.75) is 30.7 Å². The number of nitrogens with one attached hydrogen (secondary N) is 1. The van der Waals surface area contributed by atoms with E-state index >= 15 is 0 Å². The van der Waals surface area contributed by atoms with Crippen LogP contribution in [0.5, 0.6) is 0 Å². The molecular formula is C17H16N2Na2O5S. The van der Waals surface area contributed by atoms with Crippen LogP contribution in [0.15, 0.2) is 35.2 Å². The zero-order chi connectivity index (χ0) is 18.4. The summed E-state index contributed by atoms with van der Waals surface area (Å²) in [6.45, 7) is 1.84. The molecule has 0 saturated carbocycles. The number of carboxylic acid groups (broad SMARTS) is 2. The number of carboxylic acids is 2. The smallest absolute Gasteiger partial charge is 0.550 e. The molecule has 2 rings (SSSR count). The normalized spacial score (nSPS) is 11.0. The molecule has 0 saturated heterocycles. The summed E-state index contributed by atoms with van der Waals surface area (Å²) in [5, 5.41) is 24.8. The van der Waals surface area contributed by atoms with E-state index in [2.05, 4.69) is 10.3 Å². The van der Waals surface area contributed by atoms with Crippen LogP contribution in [0, 0.1) is 6.92 Å². The summed E-state index contributed by atoms with van der Waals surface area (Å²) in [7, 11) is 0. The second-order valence-electron chi connectivity index (χ2n) is 5.40. The predicted molar refractivity (Wildman–Crippen MR) is 88.4 cm³/mol. The molecule has 1 amide bonds. The predicted octanol–water partition coefficient (Wildman–Crippen LogP) is -6.59. The second-order valence-corrected chi connectivity index (χ2v) is 6.46. The summed E-state index contributed by atoms with van der Waals surface area (Å²) in [5.74, 6) is -3.42. The number of hydrogen-bond acceptors (Lipinski definition) is 7. The molecule has 10 heteroatoms. The third-order valence-corrected chi connectivity index (χ3v) is 4.54. The van der Waals surface area contributed by atoms with Gasteiger partial charge in [-0.05, 0) is 25.5 Å². The van der Waals surface area contributed by atoms with Crippen LogP contribution in [-0.4, -0.2) is 34.6 Å². The van der Waals surface area contributed by atoms with Crippen molar-refractivity contribution in [3.8, 4) is 0 Å². The molecule has 0 aliphatic carbocycles. The van der Waals surface area contributed by atoms with Gasteiger partial charge >= 0.3 is 59.1 Å². The molecule has 0 spiro atoms. The molecule has 0 aliphatic rings. The first kappa shape index (κ1) is 26.4. The largest absolute Gasteiger partial charge is 1.00 e. The molecule has 27 heavy (non-hydrogen) atoms. The van der Waals surface area contributed by atoms with Crippen LogP contribution in [0.2, 0.25) is 0 Å². The van der Waals surface area contributed by atoms with Crippen molar-refractivity contribution in [3.05, 3.63) is 36.0 Å². The first-order valence-electron chi connectivity index (χ1n) is 7.56. The Kier molecular flexibility index (Phi) is 12.5. The first-order chi connectivity index (χ1) is 11.9. The molecule has 2 aromatic rings. The Labute approximate surface area is 205 Å². The number of carbonyl (C=O) groups is 3. The molecule has 0 aliphatic heterocycles. The maximum absolute atomic E-state index is 11.6. The summed E-state index contributed by atoms with van der Waals surface area (Å²) >= 11 is 1.26. The van der Waals surface area contributed by atoms with Crippen molar-refractivity contribution in [3.63, 3.8) is 0 Å². The topological polar surface area (TPSA) is 122 Å². The first-order valence-corrected chi connectivity index (χ1v) is 8.54. The fourth-order valence-corrected chi connectivity index (χ4v) is 3.36. The fraction of sp³-hybridized carbons (Fsp3) is 0.294. The number of aryl methyl sites for hydroxylation is 1. The van der Waals surface area contributed by atoms with Gasteiger partial charge in [0.05, 0.1) is 17.5 Å². The van der Waals surface area contributed by atoms with Crippen molar-refractivity contribution in [2.24, 2.45) is 0 Å². The van der Waals surface area contributed by atoms with E-state index in [1.807, 2.05) is 37.3 Å². The molecule has 1 unspecified atom stereocenters. The third kappa shape index (κ3) is 8.51. The quantitative estimate of drug-likeness (QED) is 0.342. The number of amides is 1. The number of hydrogen-bond donors (Lipinski definition) is 1. The van der Waals surface area contributed by atoms with Crippen LogP contribution in [0.25, 0.3) is 10.9 Å². The van der Waals surface area contributed by atoms with Gasteiger partial charge < -0.3 is 25.1 Å². The maximum atomic E-state index is 11.6. The molecule has 1 heterocycles. The number of benzene rings is 1. The van der Waals surface area contributed by atoms with E-state index in [-0.39, 0.29) is 71.3 Å². The van der Waals surface area contributed by atoms with Crippen LogP contribution in [-0.2, 0) is 14.4 Å². The number of aromatic nitrogens is 1. The van der Waals surface area contributed by atoms with Crippen LogP contribution in [0.4, 0.5) is 0 Å². The van der Waals surface area contributed by atoms with Crippen LogP contribution >= 0.6 is 11.8 Å². The van der Waals surface area contributed by atoms with E-state index in [0.717, 1.165) is 21.5 Å². The van der Waals surface area contributed by atoms with E-state index in [9.17, 15) is 24.6 Å². The van der Waals surface area contributed by atoms with Crippen molar-refractivity contribution in [1.82, 2.24) is 10.3 Å². The van der Waals surface area contributed by atoms with Crippen molar-refractivity contribution in [2.75, 3.05) is 5.75 Å². The summed E-state index contributed by atoms with van der Waals surface area (Å²) < 4.78 is 0. The Morgan fingerprint density at radius 3 is 2.44 bits per heavy atom. The molecule has 132 valence electrons. The Morgan fingerprint density at radius 1 is 1.15 bits per heavy atom. The van der Waals surface area contributed by atoms with Gasteiger partial charge in [0.25, 0.3) is 0 Å². The molecule has 1 N–H and O–H groups in total. The standard InChI is InChI=1S/C17H18N2O5S.2Na/c1-10-8-14(11-4-2-3-5-12(11)18-10)25-9-13(17(23)24)19-15(20)6-7-16(21)22;;/h2-5,8,13H,6-7,9H2,1H3,(H,19,20)(H,21,22)(H,23,24);;/q;2*+1/p-2. The van der Waals surface area contributed by atoms with Crippen molar-refractivity contribution in [1.29, 1.82) is 0 Å². The Balaban J connectivity index is 0.00000338. The van der Waals surface area contributed by atoms with Gasteiger partial charge in [-0.15, -0.1) is 11.8 Å². The number of rotatable bonds is 8. The van der Waals surface area contributed by atoms with Gasteiger partial charge in [0, 0.05) is 34.1 Å². The maximum Gasteiger partial charge on any atom is 1.00 e. The van der Waals surface area contributed by atoms with Crippen LogP contribution in [0.1, 0.15) is 18.5 Å². The molecule has 0 bridgehead atoms. The fourth-order valence-electron chi connectivity index (χ4n) is 2.21. The number of carbonyl (C=O) groups excluding carboxylic acids is 3. The van der Waals surface area contributed by atoms with E-state index in [4.69, 9.17) is 0 Å². The second kappa shape index (κ2) is 12.8. The number of pyridine rings is 1. The van der Waals surface area contributed by atoms with Gasteiger partial charge in [-0.3, -0.25) is 9.78 Å². The molecule has 7 nitrogen and oxygen atoms in total. The average Bonchev–Trinajstić information content (AvgIpc) is 2.56. The minimum absolute atomic E-state index is 0. The van der Waals surface area contributed by atoms with E-state index in [1.54, 1.807) is 0 Å². The zero-order valence-corrected chi connectivity index (χ0v) is 20.3. The minimum Gasteiger partial charge on any atom is -0.550 e. The monoisotopic (exact) mass is 406 g/mol. The van der Waals surface area contributed by atoms with Gasteiger partial charge in [-0.1, -0.05) is 18.2 Å². The Hall–Kier alpha value is -0.610. The molecule has 1 atom stereocenters. The van der Waals surface area contributed by atoms with Gasteiger partial charge in [-0.2, -0.15) is 0 Å².